The maximum absolute atomic E-state index is 10.7. The Balaban J connectivity index is 2.25. The van der Waals surface area contributed by atoms with E-state index in [0.29, 0.717) is 16.9 Å². The molecule has 100 valence electrons. The second-order valence-electron chi connectivity index (χ2n) is 4.87. The summed E-state index contributed by atoms with van der Waals surface area (Å²) in [5.74, 6) is 0.531. The van der Waals surface area contributed by atoms with Crippen molar-refractivity contribution in [1.82, 2.24) is 4.98 Å². The standard InChI is InChI=1S/C16H14N2O2/c1-16(2,14-5-3-12(8-17)4-6-14)20-15-7-13(11-19)9-18-10-15/h3-7,9-11H,1-2H3. The van der Waals surface area contributed by atoms with Crippen LogP contribution in [0.5, 0.6) is 5.75 Å². The van der Waals surface area contributed by atoms with Crippen molar-refractivity contribution in [3.05, 3.63) is 59.4 Å². The molecule has 4 heteroatoms. The zero-order valence-electron chi connectivity index (χ0n) is 11.3. The second kappa shape index (κ2) is 5.54. The van der Waals surface area contributed by atoms with Gasteiger partial charge in [0.05, 0.1) is 17.8 Å². The topological polar surface area (TPSA) is 63.0 Å². The third-order valence-electron chi connectivity index (χ3n) is 2.95. The SMILES string of the molecule is CC(C)(Oc1cncc(C=O)c1)c1ccc(C#N)cc1. The molecule has 0 spiro atoms. The number of nitrogens with zero attached hydrogens (tertiary/aromatic N) is 2. The Bertz CT molecular complexity index is 655. The highest BCUT2D eigenvalue weighted by Crippen LogP contribution is 2.27. The largest absolute Gasteiger partial charge is 0.482 e. The average molecular weight is 266 g/mol. The second-order valence-corrected chi connectivity index (χ2v) is 4.87. The molecule has 0 aliphatic carbocycles. The van der Waals surface area contributed by atoms with Crippen LogP contribution in [0.2, 0.25) is 0 Å². The Morgan fingerprint density at radius 2 is 1.95 bits per heavy atom. The van der Waals surface area contributed by atoms with Gasteiger partial charge in [0.15, 0.2) is 6.29 Å². The van der Waals surface area contributed by atoms with Crippen molar-refractivity contribution in [1.29, 1.82) is 5.26 Å². The van der Waals surface area contributed by atoms with E-state index in [1.165, 1.54) is 6.20 Å². The lowest BCUT2D eigenvalue weighted by Gasteiger charge is -2.27. The minimum atomic E-state index is -0.586. The molecule has 0 bridgehead atoms. The van der Waals surface area contributed by atoms with Gasteiger partial charge in [0, 0.05) is 11.8 Å². The fourth-order valence-corrected chi connectivity index (χ4v) is 1.86. The highest BCUT2D eigenvalue weighted by molar-refractivity contribution is 5.74. The van der Waals surface area contributed by atoms with Crippen LogP contribution in [0, 0.1) is 11.3 Å². The third-order valence-corrected chi connectivity index (χ3v) is 2.95. The van der Waals surface area contributed by atoms with Crippen LogP contribution >= 0.6 is 0 Å². The van der Waals surface area contributed by atoms with Gasteiger partial charge in [0.2, 0.25) is 0 Å². The summed E-state index contributed by atoms with van der Waals surface area (Å²) in [5.41, 5.74) is 1.43. The first kappa shape index (κ1) is 13.8. The van der Waals surface area contributed by atoms with Crippen LogP contribution in [0.4, 0.5) is 0 Å². The average Bonchev–Trinajstić information content (AvgIpc) is 2.47. The number of ether oxygens (including phenoxy) is 1. The van der Waals surface area contributed by atoms with E-state index in [2.05, 4.69) is 11.1 Å². The third kappa shape index (κ3) is 3.01. The van der Waals surface area contributed by atoms with Gasteiger partial charge in [-0.05, 0) is 37.6 Å². The molecular weight excluding hydrogens is 252 g/mol. The van der Waals surface area contributed by atoms with Gasteiger partial charge in [-0.15, -0.1) is 0 Å². The number of carbonyl (C=O) groups excluding carboxylic acids is 1. The molecule has 0 amide bonds. The van der Waals surface area contributed by atoms with E-state index >= 15 is 0 Å². The Morgan fingerprint density at radius 3 is 2.55 bits per heavy atom. The van der Waals surface area contributed by atoms with Crippen LogP contribution in [0.15, 0.2) is 42.7 Å². The lowest BCUT2D eigenvalue weighted by Crippen LogP contribution is -2.25. The summed E-state index contributed by atoms with van der Waals surface area (Å²) in [4.78, 5) is 14.7. The lowest BCUT2D eigenvalue weighted by molar-refractivity contribution is 0.106. The van der Waals surface area contributed by atoms with Gasteiger partial charge < -0.3 is 4.74 Å². The molecule has 20 heavy (non-hydrogen) atoms. The molecule has 0 saturated heterocycles. The maximum atomic E-state index is 10.7. The van der Waals surface area contributed by atoms with E-state index in [9.17, 15) is 4.79 Å². The van der Waals surface area contributed by atoms with E-state index in [1.807, 2.05) is 26.0 Å². The summed E-state index contributed by atoms with van der Waals surface area (Å²) in [6.07, 6.45) is 3.78. The van der Waals surface area contributed by atoms with Gasteiger partial charge in [-0.1, -0.05) is 12.1 Å². The minimum absolute atomic E-state index is 0.470. The van der Waals surface area contributed by atoms with Gasteiger partial charge in [0.25, 0.3) is 0 Å². The van der Waals surface area contributed by atoms with Crippen molar-refractivity contribution in [2.24, 2.45) is 0 Å². The van der Waals surface area contributed by atoms with Gasteiger partial charge in [-0.2, -0.15) is 5.26 Å². The molecule has 0 atom stereocenters. The van der Waals surface area contributed by atoms with Crippen molar-refractivity contribution in [3.63, 3.8) is 0 Å². The first-order valence-electron chi connectivity index (χ1n) is 6.15. The van der Waals surface area contributed by atoms with Gasteiger partial charge in [-0.3, -0.25) is 9.78 Å². The highest BCUT2D eigenvalue weighted by Gasteiger charge is 2.22. The fourth-order valence-electron chi connectivity index (χ4n) is 1.86. The summed E-state index contributed by atoms with van der Waals surface area (Å²) < 4.78 is 5.90. The molecule has 0 radical (unpaired) electrons. The van der Waals surface area contributed by atoms with Crippen molar-refractivity contribution in [2.75, 3.05) is 0 Å². The van der Waals surface area contributed by atoms with Crippen LogP contribution in [-0.4, -0.2) is 11.3 Å². The predicted molar refractivity (Wildman–Crippen MR) is 74.4 cm³/mol. The number of hydrogen-bond acceptors (Lipinski definition) is 4. The van der Waals surface area contributed by atoms with Crippen LogP contribution in [0.1, 0.15) is 35.3 Å². The molecule has 0 unspecified atom stereocenters. The molecule has 1 heterocycles. The molecule has 1 aromatic carbocycles. The molecule has 0 aliphatic rings. The van der Waals surface area contributed by atoms with Crippen molar-refractivity contribution in [2.45, 2.75) is 19.4 Å². The van der Waals surface area contributed by atoms with Gasteiger partial charge in [0.1, 0.15) is 11.4 Å². The first-order valence-corrected chi connectivity index (χ1v) is 6.15. The highest BCUT2D eigenvalue weighted by atomic mass is 16.5. The van der Waals surface area contributed by atoms with E-state index in [-0.39, 0.29) is 0 Å². The summed E-state index contributed by atoms with van der Waals surface area (Å²) in [6.45, 7) is 3.84. The Labute approximate surface area is 117 Å². The quantitative estimate of drug-likeness (QED) is 0.798. The molecule has 2 rings (SSSR count). The summed E-state index contributed by atoms with van der Waals surface area (Å²) in [6, 6.07) is 10.9. The van der Waals surface area contributed by atoms with Crippen molar-refractivity contribution >= 4 is 6.29 Å². The van der Waals surface area contributed by atoms with Crippen LogP contribution in [0.25, 0.3) is 0 Å². The summed E-state index contributed by atoms with van der Waals surface area (Å²) in [5, 5.41) is 8.80. The zero-order chi connectivity index (χ0) is 14.6. The van der Waals surface area contributed by atoms with Crippen LogP contribution in [0.3, 0.4) is 0 Å². The number of nitriles is 1. The number of aldehydes is 1. The predicted octanol–water partition coefficient (Wildman–Crippen LogP) is 3.08. The number of hydrogen-bond donors (Lipinski definition) is 0. The molecular formula is C16H14N2O2. The van der Waals surface area contributed by atoms with E-state index in [0.717, 1.165) is 11.8 Å². The number of carbonyl (C=O) groups is 1. The molecule has 0 fully saturated rings. The lowest BCUT2D eigenvalue weighted by atomic mass is 9.97. The van der Waals surface area contributed by atoms with Crippen molar-refractivity contribution in [3.8, 4) is 11.8 Å². The summed E-state index contributed by atoms with van der Waals surface area (Å²) >= 11 is 0. The molecule has 0 N–H and O–H groups in total. The monoisotopic (exact) mass is 266 g/mol. The van der Waals surface area contributed by atoms with E-state index < -0.39 is 5.60 Å². The normalized spacial score (nSPS) is 10.7. The number of rotatable bonds is 4. The van der Waals surface area contributed by atoms with Crippen LogP contribution in [-0.2, 0) is 5.60 Å². The first-order chi connectivity index (χ1) is 9.55. The maximum Gasteiger partial charge on any atom is 0.151 e. The van der Waals surface area contributed by atoms with E-state index in [1.54, 1.807) is 24.4 Å². The molecule has 1 aromatic heterocycles. The smallest absolute Gasteiger partial charge is 0.151 e. The Hall–Kier alpha value is -2.67. The molecule has 2 aromatic rings. The fraction of sp³-hybridized carbons (Fsp3) is 0.188. The van der Waals surface area contributed by atoms with E-state index in [4.69, 9.17) is 10.00 Å². The molecule has 4 nitrogen and oxygen atoms in total. The number of benzene rings is 1. The Morgan fingerprint density at radius 1 is 1.25 bits per heavy atom. The number of pyridine rings is 1. The van der Waals surface area contributed by atoms with Gasteiger partial charge >= 0.3 is 0 Å². The van der Waals surface area contributed by atoms with Gasteiger partial charge in [-0.25, -0.2) is 0 Å². The molecule has 0 saturated carbocycles. The van der Waals surface area contributed by atoms with Crippen LogP contribution < -0.4 is 4.74 Å². The summed E-state index contributed by atoms with van der Waals surface area (Å²) in [7, 11) is 0. The zero-order valence-corrected chi connectivity index (χ0v) is 11.3. The van der Waals surface area contributed by atoms with Crippen molar-refractivity contribution < 1.29 is 9.53 Å². The number of aromatic nitrogens is 1. The molecule has 0 aliphatic heterocycles. The Kier molecular flexibility index (Phi) is 3.81. The minimum Gasteiger partial charge on any atom is -0.482 e.